The van der Waals surface area contributed by atoms with Gasteiger partial charge in [0.1, 0.15) is 0 Å². The lowest BCUT2D eigenvalue weighted by Gasteiger charge is -2.20. The zero-order chi connectivity index (χ0) is 16.8. The summed E-state index contributed by atoms with van der Waals surface area (Å²) in [5.41, 5.74) is 3.64. The van der Waals surface area contributed by atoms with Crippen LogP contribution in [-0.2, 0) is 26.7 Å². The maximum absolute atomic E-state index is 9.34. The van der Waals surface area contributed by atoms with Crippen molar-refractivity contribution in [3.8, 4) is 0 Å². The van der Waals surface area contributed by atoms with Crippen LogP contribution in [0.3, 0.4) is 0 Å². The van der Waals surface area contributed by atoms with Crippen LogP contribution in [0.2, 0.25) is 0 Å². The summed E-state index contributed by atoms with van der Waals surface area (Å²) in [5, 5.41) is 13.8. The van der Waals surface area contributed by atoms with Crippen molar-refractivity contribution in [3.63, 3.8) is 0 Å². The molecular formula is C19H24N4O. The quantitative estimate of drug-likeness (QED) is 0.691. The maximum atomic E-state index is 9.34. The number of aliphatic hydroxyl groups is 1. The van der Waals surface area contributed by atoms with Crippen molar-refractivity contribution in [3.05, 3.63) is 77.9 Å². The van der Waals surface area contributed by atoms with E-state index in [2.05, 4.69) is 39.0 Å². The van der Waals surface area contributed by atoms with E-state index < -0.39 is 0 Å². The van der Waals surface area contributed by atoms with Gasteiger partial charge in [-0.3, -0.25) is 9.58 Å². The normalized spacial score (nSPS) is 11.3. The van der Waals surface area contributed by atoms with Gasteiger partial charge in [-0.25, -0.2) is 0 Å². The van der Waals surface area contributed by atoms with Crippen molar-refractivity contribution in [2.75, 3.05) is 13.2 Å². The van der Waals surface area contributed by atoms with E-state index in [-0.39, 0.29) is 6.61 Å². The monoisotopic (exact) mass is 324 g/mol. The molecule has 0 saturated heterocycles. The highest BCUT2D eigenvalue weighted by molar-refractivity contribution is 5.15. The average molecular weight is 324 g/mol. The van der Waals surface area contributed by atoms with Gasteiger partial charge in [-0.15, -0.1) is 0 Å². The Kier molecular flexibility index (Phi) is 5.46. The molecule has 0 unspecified atom stereocenters. The molecule has 0 bridgehead atoms. The molecule has 0 fully saturated rings. The van der Waals surface area contributed by atoms with E-state index in [1.165, 1.54) is 11.3 Å². The van der Waals surface area contributed by atoms with E-state index >= 15 is 0 Å². The predicted molar refractivity (Wildman–Crippen MR) is 94.4 cm³/mol. The Morgan fingerprint density at radius 2 is 1.88 bits per heavy atom. The van der Waals surface area contributed by atoms with Crippen LogP contribution >= 0.6 is 0 Å². The van der Waals surface area contributed by atoms with Gasteiger partial charge in [-0.2, -0.15) is 5.10 Å². The first kappa shape index (κ1) is 16.5. The van der Waals surface area contributed by atoms with Gasteiger partial charge in [-0.05, 0) is 17.7 Å². The zero-order valence-corrected chi connectivity index (χ0v) is 14.0. The van der Waals surface area contributed by atoms with Crippen LogP contribution in [0.5, 0.6) is 0 Å². The number of aryl methyl sites for hydroxylation is 1. The highest BCUT2D eigenvalue weighted by Gasteiger charge is 2.10. The van der Waals surface area contributed by atoms with Crippen molar-refractivity contribution >= 4 is 0 Å². The topological polar surface area (TPSA) is 46.2 Å². The summed E-state index contributed by atoms with van der Waals surface area (Å²) in [6.45, 7) is 3.17. The fraction of sp³-hybridized carbons (Fsp3) is 0.316. The van der Waals surface area contributed by atoms with Crippen LogP contribution in [0.15, 0.2) is 61.1 Å². The van der Waals surface area contributed by atoms with Crippen molar-refractivity contribution < 1.29 is 5.11 Å². The second-order valence-corrected chi connectivity index (χ2v) is 6.08. The molecule has 0 aliphatic carbocycles. The molecule has 0 atom stereocenters. The van der Waals surface area contributed by atoms with Crippen LogP contribution in [0.4, 0.5) is 0 Å². The maximum Gasteiger partial charge on any atom is 0.0659 e. The molecule has 2 aromatic heterocycles. The molecule has 0 saturated carbocycles. The summed E-state index contributed by atoms with van der Waals surface area (Å²) >= 11 is 0. The molecular weight excluding hydrogens is 300 g/mol. The zero-order valence-electron chi connectivity index (χ0n) is 14.0. The number of nitrogens with zero attached hydrogens (tertiary/aromatic N) is 4. The largest absolute Gasteiger partial charge is 0.395 e. The highest BCUT2D eigenvalue weighted by Crippen LogP contribution is 2.10. The molecule has 0 radical (unpaired) electrons. The lowest BCUT2D eigenvalue weighted by molar-refractivity contribution is 0.181. The van der Waals surface area contributed by atoms with E-state index in [1.807, 2.05) is 48.4 Å². The third-order valence-corrected chi connectivity index (χ3v) is 4.13. The summed E-state index contributed by atoms with van der Waals surface area (Å²) in [6.07, 6.45) is 6.05. The van der Waals surface area contributed by atoms with E-state index in [9.17, 15) is 5.11 Å². The summed E-state index contributed by atoms with van der Waals surface area (Å²) in [7, 11) is 2.05. The molecule has 0 amide bonds. The summed E-state index contributed by atoms with van der Waals surface area (Å²) in [4.78, 5) is 2.24. The van der Waals surface area contributed by atoms with Crippen LogP contribution in [0, 0.1) is 0 Å². The molecule has 1 N–H and O–H groups in total. The minimum absolute atomic E-state index is 0.155. The second-order valence-electron chi connectivity index (χ2n) is 6.08. The van der Waals surface area contributed by atoms with E-state index in [0.29, 0.717) is 6.54 Å². The second kappa shape index (κ2) is 7.95. The van der Waals surface area contributed by atoms with Gasteiger partial charge in [0.25, 0.3) is 0 Å². The number of aliphatic hydroxyl groups excluding tert-OH is 1. The van der Waals surface area contributed by atoms with Crippen LogP contribution in [0.25, 0.3) is 0 Å². The Morgan fingerprint density at radius 3 is 2.58 bits per heavy atom. The number of benzene rings is 1. The minimum Gasteiger partial charge on any atom is -0.395 e. The summed E-state index contributed by atoms with van der Waals surface area (Å²) in [5.74, 6) is 0. The Bertz CT molecular complexity index is 748. The van der Waals surface area contributed by atoms with Gasteiger partial charge in [0, 0.05) is 50.3 Å². The Morgan fingerprint density at radius 1 is 1.04 bits per heavy atom. The first-order chi connectivity index (χ1) is 11.7. The van der Waals surface area contributed by atoms with E-state index in [0.717, 1.165) is 25.2 Å². The van der Waals surface area contributed by atoms with Crippen LogP contribution < -0.4 is 0 Å². The van der Waals surface area contributed by atoms with Crippen LogP contribution in [-0.4, -0.2) is 37.5 Å². The number of hydrogen-bond acceptors (Lipinski definition) is 3. The first-order valence-corrected chi connectivity index (χ1v) is 8.23. The molecule has 0 aliphatic heterocycles. The molecule has 1 aromatic carbocycles. The first-order valence-electron chi connectivity index (χ1n) is 8.23. The van der Waals surface area contributed by atoms with E-state index in [4.69, 9.17) is 0 Å². The summed E-state index contributed by atoms with van der Waals surface area (Å²) in [6, 6.07) is 14.5. The van der Waals surface area contributed by atoms with Crippen molar-refractivity contribution in [2.45, 2.75) is 19.6 Å². The SMILES string of the molecule is Cn1cccc1CN(CCO)Cc1cnn(Cc2ccccc2)c1. The Labute approximate surface area is 142 Å². The number of aromatic nitrogens is 3. The Balaban J connectivity index is 1.63. The van der Waals surface area contributed by atoms with Gasteiger partial charge in [0.05, 0.1) is 19.3 Å². The van der Waals surface area contributed by atoms with Gasteiger partial charge in [0.2, 0.25) is 0 Å². The lowest BCUT2D eigenvalue weighted by Crippen LogP contribution is -2.26. The smallest absolute Gasteiger partial charge is 0.0659 e. The fourth-order valence-corrected chi connectivity index (χ4v) is 2.85. The highest BCUT2D eigenvalue weighted by atomic mass is 16.3. The molecule has 2 heterocycles. The third kappa shape index (κ3) is 4.34. The fourth-order valence-electron chi connectivity index (χ4n) is 2.85. The molecule has 3 aromatic rings. The molecule has 24 heavy (non-hydrogen) atoms. The number of rotatable bonds is 8. The van der Waals surface area contributed by atoms with Gasteiger partial charge < -0.3 is 9.67 Å². The average Bonchev–Trinajstić information content (AvgIpc) is 3.18. The van der Waals surface area contributed by atoms with Gasteiger partial charge >= 0.3 is 0 Å². The standard InChI is InChI=1S/C19H24N4O/c1-21-9-5-8-19(21)16-22(10-11-24)13-18-12-20-23(15-18)14-17-6-3-2-4-7-17/h2-9,12,15,24H,10-11,13-14,16H2,1H3. The van der Waals surface area contributed by atoms with Crippen molar-refractivity contribution in [1.29, 1.82) is 0 Å². The lowest BCUT2D eigenvalue weighted by atomic mass is 10.2. The van der Waals surface area contributed by atoms with Crippen LogP contribution in [0.1, 0.15) is 16.8 Å². The van der Waals surface area contributed by atoms with E-state index in [1.54, 1.807) is 0 Å². The molecule has 0 spiro atoms. The number of hydrogen-bond donors (Lipinski definition) is 1. The molecule has 5 nitrogen and oxygen atoms in total. The predicted octanol–water partition coefficient (Wildman–Crippen LogP) is 2.26. The molecule has 0 aliphatic rings. The molecule has 126 valence electrons. The minimum atomic E-state index is 0.155. The van der Waals surface area contributed by atoms with Gasteiger partial charge in [0.15, 0.2) is 0 Å². The Hall–Kier alpha value is -2.37. The third-order valence-electron chi connectivity index (χ3n) is 4.13. The van der Waals surface area contributed by atoms with Crippen molar-refractivity contribution in [1.82, 2.24) is 19.2 Å². The molecule has 5 heteroatoms. The summed E-state index contributed by atoms with van der Waals surface area (Å²) < 4.78 is 4.08. The van der Waals surface area contributed by atoms with Gasteiger partial charge in [-0.1, -0.05) is 30.3 Å². The van der Waals surface area contributed by atoms with Crippen molar-refractivity contribution in [2.24, 2.45) is 7.05 Å². The molecule has 3 rings (SSSR count).